The summed E-state index contributed by atoms with van der Waals surface area (Å²) < 4.78 is 27.6. The van der Waals surface area contributed by atoms with Crippen molar-refractivity contribution < 1.29 is 18.3 Å². The molecule has 2 N–H and O–H groups in total. The Morgan fingerprint density at radius 1 is 0.947 bits per heavy atom. The number of halogens is 1. The van der Waals surface area contributed by atoms with E-state index in [9.17, 15) is 18.3 Å². The van der Waals surface area contributed by atoms with Gasteiger partial charge in [-0.25, -0.2) is 8.42 Å². The average Bonchev–Trinajstić information content (AvgIpc) is 3.44. The number of aliphatic hydroxyl groups is 1. The molecule has 0 aromatic heterocycles. The van der Waals surface area contributed by atoms with Crippen molar-refractivity contribution in [2.75, 3.05) is 18.5 Å². The topological polar surface area (TPSA) is 86.7 Å². The standard InChI is InChI=1S/C30H33ClN2O4S/c31-25-13-11-24(12-14-25)30(17-2-1-3-18-30)29(35)32-26-7-4-6-23(20-26)22-9-15-28(16-10-22)38(36,37)33-19-5-8-27(33)21-34/h4,6-7,9-16,20,27,34H,1-3,5,8,17-19,21H2,(H,32,35)/t27-/m1/s1. The fourth-order valence-electron chi connectivity index (χ4n) is 5.86. The number of nitrogens with zero attached hydrogens (tertiary/aromatic N) is 1. The highest BCUT2D eigenvalue weighted by molar-refractivity contribution is 7.89. The maximum absolute atomic E-state index is 13.7. The van der Waals surface area contributed by atoms with E-state index in [1.165, 1.54) is 4.31 Å². The Morgan fingerprint density at radius 3 is 2.34 bits per heavy atom. The van der Waals surface area contributed by atoms with E-state index < -0.39 is 15.4 Å². The Hall–Kier alpha value is -2.71. The van der Waals surface area contributed by atoms with Crippen molar-refractivity contribution in [2.45, 2.75) is 61.3 Å². The molecule has 0 unspecified atom stereocenters. The third-order valence-corrected chi connectivity index (χ3v) is 10.2. The van der Waals surface area contributed by atoms with Crippen LogP contribution in [0.4, 0.5) is 5.69 Å². The van der Waals surface area contributed by atoms with Gasteiger partial charge >= 0.3 is 0 Å². The maximum Gasteiger partial charge on any atom is 0.243 e. The third kappa shape index (κ3) is 5.25. The molecule has 5 rings (SSSR count). The molecule has 0 radical (unpaired) electrons. The number of nitrogens with one attached hydrogen (secondary N) is 1. The van der Waals surface area contributed by atoms with Crippen LogP contribution in [0.2, 0.25) is 5.02 Å². The molecule has 200 valence electrons. The monoisotopic (exact) mass is 552 g/mol. The molecule has 1 aliphatic heterocycles. The van der Waals surface area contributed by atoms with Gasteiger partial charge in [-0.2, -0.15) is 4.31 Å². The van der Waals surface area contributed by atoms with Crippen LogP contribution >= 0.6 is 11.6 Å². The van der Waals surface area contributed by atoms with Crippen molar-refractivity contribution >= 4 is 33.2 Å². The SMILES string of the molecule is O=C(Nc1cccc(-c2ccc(S(=O)(=O)N3CCC[C@@H]3CO)cc2)c1)C1(c2ccc(Cl)cc2)CCCCC1. The van der Waals surface area contributed by atoms with E-state index in [-0.39, 0.29) is 23.5 Å². The zero-order valence-corrected chi connectivity index (χ0v) is 22.8. The lowest BCUT2D eigenvalue weighted by atomic mass is 9.68. The second-order valence-corrected chi connectivity index (χ2v) is 12.6. The first-order valence-corrected chi connectivity index (χ1v) is 15.1. The Balaban J connectivity index is 1.36. The van der Waals surface area contributed by atoms with Crippen molar-refractivity contribution in [2.24, 2.45) is 0 Å². The van der Waals surface area contributed by atoms with Crippen LogP contribution in [0, 0.1) is 0 Å². The lowest BCUT2D eigenvalue weighted by Crippen LogP contribution is -2.42. The van der Waals surface area contributed by atoms with E-state index in [0.717, 1.165) is 55.2 Å². The van der Waals surface area contributed by atoms with E-state index in [2.05, 4.69) is 5.32 Å². The molecule has 3 aromatic rings. The van der Waals surface area contributed by atoms with Crippen LogP contribution in [0.15, 0.2) is 77.7 Å². The summed E-state index contributed by atoms with van der Waals surface area (Å²) in [5, 5.41) is 13.4. The second-order valence-electron chi connectivity index (χ2n) is 10.3. The van der Waals surface area contributed by atoms with Gasteiger partial charge in [0.05, 0.1) is 16.9 Å². The highest BCUT2D eigenvalue weighted by atomic mass is 35.5. The minimum Gasteiger partial charge on any atom is -0.395 e. The van der Waals surface area contributed by atoms with E-state index in [1.807, 2.05) is 48.5 Å². The van der Waals surface area contributed by atoms with Crippen LogP contribution in [0.3, 0.4) is 0 Å². The van der Waals surface area contributed by atoms with Gasteiger partial charge < -0.3 is 10.4 Å². The van der Waals surface area contributed by atoms with E-state index in [1.54, 1.807) is 24.3 Å². The van der Waals surface area contributed by atoms with Gasteiger partial charge in [0.25, 0.3) is 0 Å². The van der Waals surface area contributed by atoms with Crippen LogP contribution in [0.1, 0.15) is 50.5 Å². The lowest BCUT2D eigenvalue weighted by molar-refractivity contribution is -0.122. The number of sulfonamides is 1. The number of hydrogen-bond acceptors (Lipinski definition) is 4. The molecule has 0 bridgehead atoms. The number of carbonyl (C=O) groups is 1. The summed E-state index contributed by atoms with van der Waals surface area (Å²) in [6.07, 6.45) is 6.15. The molecule has 1 atom stereocenters. The maximum atomic E-state index is 13.7. The molecule has 8 heteroatoms. The van der Waals surface area contributed by atoms with Gasteiger partial charge in [-0.3, -0.25) is 4.79 Å². The minimum absolute atomic E-state index is 0.0119. The summed E-state index contributed by atoms with van der Waals surface area (Å²) >= 11 is 6.12. The van der Waals surface area contributed by atoms with Crippen LogP contribution in [0.5, 0.6) is 0 Å². The fraction of sp³-hybridized carbons (Fsp3) is 0.367. The summed E-state index contributed by atoms with van der Waals surface area (Å²) in [5.41, 5.74) is 2.84. The minimum atomic E-state index is -3.66. The van der Waals surface area contributed by atoms with Crippen molar-refractivity contribution in [3.63, 3.8) is 0 Å². The molecular weight excluding hydrogens is 520 g/mol. The molecule has 1 saturated heterocycles. The normalized spacial score (nSPS) is 19.8. The van der Waals surface area contributed by atoms with Crippen molar-refractivity contribution in [1.29, 1.82) is 0 Å². The number of anilines is 1. The van der Waals surface area contributed by atoms with Crippen LogP contribution < -0.4 is 5.32 Å². The lowest BCUT2D eigenvalue weighted by Gasteiger charge is -2.36. The molecular formula is C30H33ClN2O4S. The Morgan fingerprint density at radius 2 is 1.66 bits per heavy atom. The van der Waals surface area contributed by atoms with Gasteiger partial charge in [-0.05, 0) is 78.8 Å². The number of benzene rings is 3. The Kier molecular flexibility index (Phi) is 7.91. The van der Waals surface area contributed by atoms with Crippen LogP contribution in [-0.2, 0) is 20.2 Å². The largest absolute Gasteiger partial charge is 0.395 e. The summed E-state index contributed by atoms with van der Waals surface area (Å²) in [5.74, 6) is -0.0119. The Labute approximate surface area is 229 Å². The van der Waals surface area contributed by atoms with Crippen LogP contribution in [0.25, 0.3) is 11.1 Å². The Bertz CT molecular complexity index is 1380. The predicted molar refractivity (Wildman–Crippen MR) is 151 cm³/mol. The molecule has 1 heterocycles. The number of aliphatic hydroxyl groups excluding tert-OH is 1. The first-order valence-electron chi connectivity index (χ1n) is 13.2. The van der Waals surface area contributed by atoms with Crippen molar-refractivity contribution in [1.82, 2.24) is 4.31 Å². The fourth-order valence-corrected chi connectivity index (χ4v) is 7.67. The smallest absolute Gasteiger partial charge is 0.243 e. The molecule has 38 heavy (non-hydrogen) atoms. The van der Waals surface area contributed by atoms with Gasteiger partial charge in [0.15, 0.2) is 0 Å². The predicted octanol–water partition coefficient (Wildman–Crippen LogP) is 5.99. The molecule has 2 fully saturated rings. The first kappa shape index (κ1) is 26.9. The number of amides is 1. The second kappa shape index (κ2) is 11.2. The van der Waals surface area contributed by atoms with Gasteiger partial charge in [-0.15, -0.1) is 0 Å². The summed E-state index contributed by atoms with van der Waals surface area (Å²) in [6, 6.07) is 21.7. The number of carbonyl (C=O) groups excluding carboxylic acids is 1. The molecule has 1 saturated carbocycles. The van der Waals surface area contributed by atoms with Crippen molar-refractivity contribution in [3.8, 4) is 11.1 Å². The van der Waals surface area contributed by atoms with E-state index >= 15 is 0 Å². The zero-order chi connectivity index (χ0) is 26.8. The van der Waals surface area contributed by atoms with Crippen LogP contribution in [-0.4, -0.2) is 42.9 Å². The highest BCUT2D eigenvalue weighted by Gasteiger charge is 2.41. The molecule has 6 nitrogen and oxygen atoms in total. The third-order valence-electron chi connectivity index (χ3n) is 7.99. The van der Waals surface area contributed by atoms with Gasteiger partial charge in [0.2, 0.25) is 15.9 Å². The summed E-state index contributed by atoms with van der Waals surface area (Å²) in [4.78, 5) is 13.9. The molecule has 2 aliphatic rings. The molecule has 1 aliphatic carbocycles. The summed E-state index contributed by atoms with van der Waals surface area (Å²) in [7, 11) is -3.66. The quantitative estimate of drug-likeness (QED) is 0.377. The van der Waals surface area contributed by atoms with Gasteiger partial charge in [0, 0.05) is 23.3 Å². The molecule has 0 spiro atoms. The molecule has 1 amide bonds. The van der Waals surface area contributed by atoms with Crippen molar-refractivity contribution in [3.05, 3.63) is 83.4 Å². The first-order chi connectivity index (χ1) is 18.3. The van der Waals surface area contributed by atoms with Gasteiger partial charge in [0.1, 0.15) is 0 Å². The summed E-state index contributed by atoms with van der Waals surface area (Å²) in [6.45, 7) is 0.254. The highest BCUT2D eigenvalue weighted by Crippen LogP contribution is 2.41. The zero-order valence-electron chi connectivity index (χ0n) is 21.3. The van der Waals surface area contributed by atoms with E-state index in [4.69, 9.17) is 11.6 Å². The average molecular weight is 553 g/mol. The number of rotatable bonds is 7. The van der Waals surface area contributed by atoms with Gasteiger partial charge in [-0.1, -0.05) is 67.3 Å². The molecule has 3 aromatic carbocycles. The number of hydrogen-bond donors (Lipinski definition) is 2. The van der Waals surface area contributed by atoms with E-state index in [0.29, 0.717) is 23.7 Å².